The van der Waals surface area contributed by atoms with Gasteiger partial charge < -0.3 is 4.74 Å². The average molecular weight is 348 g/mol. The quantitative estimate of drug-likeness (QED) is 0.491. The van der Waals surface area contributed by atoms with Crippen LogP contribution in [-0.4, -0.2) is 9.97 Å². The molecule has 0 amide bonds. The summed E-state index contributed by atoms with van der Waals surface area (Å²) in [7, 11) is 0. The first-order valence-electron chi connectivity index (χ1n) is 9.16. The van der Waals surface area contributed by atoms with Crippen molar-refractivity contribution in [3.63, 3.8) is 0 Å². The largest absolute Gasteiger partial charge is 0.356 e. The van der Waals surface area contributed by atoms with Crippen molar-refractivity contribution in [1.29, 1.82) is 0 Å². The molecule has 0 bridgehead atoms. The van der Waals surface area contributed by atoms with E-state index in [-0.39, 0.29) is 12.2 Å². The summed E-state index contributed by atoms with van der Waals surface area (Å²) in [4.78, 5) is 9.24. The molecule has 2 aromatic heterocycles. The van der Waals surface area contributed by atoms with Gasteiger partial charge >= 0.3 is 0 Å². The lowest BCUT2D eigenvalue weighted by molar-refractivity contribution is 0.0357. The van der Waals surface area contributed by atoms with E-state index in [9.17, 15) is 0 Å². The van der Waals surface area contributed by atoms with E-state index in [4.69, 9.17) is 4.74 Å². The van der Waals surface area contributed by atoms with Crippen LogP contribution < -0.4 is 0 Å². The molecular weight excluding hydrogens is 332 g/mol. The van der Waals surface area contributed by atoms with Crippen LogP contribution in [0.1, 0.15) is 34.5 Å². The Bertz CT molecular complexity index is 1000. The summed E-state index contributed by atoms with van der Waals surface area (Å²) in [6, 6.07) is 25.0. The van der Waals surface area contributed by atoms with Gasteiger partial charge in [-0.2, -0.15) is 0 Å². The smallest absolute Gasteiger partial charge is 0.112 e. The zero-order chi connectivity index (χ0) is 17.8. The maximum absolute atomic E-state index is 6.80. The molecule has 27 heavy (non-hydrogen) atoms. The van der Waals surface area contributed by atoms with Crippen LogP contribution in [0.3, 0.4) is 0 Å². The standard InChI is InChI=1S/C24H16N2O/c1-3-9-17-15(7-1)21-19(11-5-13-25-21)23(17)27-24-18-10-4-2-8-16(18)22-20(24)12-6-14-26-22/h1-14,23-24H. The molecular formula is C24H16N2O. The average Bonchev–Trinajstić information content (AvgIpc) is 3.23. The lowest BCUT2D eigenvalue weighted by atomic mass is 10.1. The van der Waals surface area contributed by atoms with E-state index in [2.05, 4.69) is 70.6 Å². The minimum atomic E-state index is -0.130. The highest BCUT2D eigenvalue weighted by Gasteiger charge is 2.37. The molecule has 0 spiro atoms. The van der Waals surface area contributed by atoms with Crippen molar-refractivity contribution in [2.24, 2.45) is 0 Å². The second-order valence-corrected chi connectivity index (χ2v) is 6.95. The van der Waals surface area contributed by atoms with E-state index in [1.54, 1.807) is 0 Å². The fourth-order valence-electron chi connectivity index (χ4n) is 4.36. The number of ether oxygens (including phenoxy) is 1. The predicted octanol–water partition coefficient (Wildman–Crippen LogP) is 5.33. The Morgan fingerprint density at radius 1 is 0.519 bits per heavy atom. The first-order valence-corrected chi connectivity index (χ1v) is 9.16. The summed E-state index contributed by atoms with van der Waals surface area (Å²) in [5.74, 6) is 0. The van der Waals surface area contributed by atoms with Gasteiger partial charge in [-0.25, -0.2) is 0 Å². The summed E-state index contributed by atoms with van der Waals surface area (Å²) in [6.45, 7) is 0. The summed E-state index contributed by atoms with van der Waals surface area (Å²) in [6.07, 6.45) is 3.44. The van der Waals surface area contributed by atoms with Crippen LogP contribution >= 0.6 is 0 Å². The lowest BCUT2D eigenvalue weighted by Crippen LogP contribution is -2.09. The molecule has 0 fully saturated rings. The molecule has 3 nitrogen and oxygen atoms in total. The van der Waals surface area contributed by atoms with E-state index < -0.39 is 0 Å². The molecule has 6 rings (SSSR count). The summed E-state index contributed by atoms with van der Waals surface area (Å²) in [5, 5.41) is 0. The topological polar surface area (TPSA) is 35.0 Å². The van der Waals surface area contributed by atoms with Gasteiger partial charge in [0.1, 0.15) is 12.2 Å². The Kier molecular flexibility index (Phi) is 3.07. The van der Waals surface area contributed by atoms with Crippen LogP contribution in [0.2, 0.25) is 0 Å². The van der Waals surface area contributed by atoms with Gasteiger partial charge in [-0.1, -0.05) is 60.7 Å². The Labute approximate surface area is 157 Å². The van der Waals surface area contributed by atoms with Crippen molar-refractivity contribution in [1.82, 2.24) is 9.97 Å². The van der Waals surface area contributed by atoms with E-state index in [1.165, 1.54) is 11.1 Å². The van der Waals surface area contributed by atoms with Crippen molar-refractivity contribution in [2.45, 2.75) is 12.2 Å². The Balaban J connectivity index is 1.51. The monoisotopic (exact) mass is 348 g/mol. The molecule has 2 aliphatic rings. The number of hydrogen-bond donors (Lipinski definition) is 0. The molecule has 0 saturated heterocycles. The van der Waals surface area contributed by atoms with Crippen molar-refractivity contribution in [3.8, 4) is 22.5 Å². The number of nitrogens with zero attached hydrogens (tertiary/aromatic N) is 2. The molecule has 0 saturated carbocycles. The van der Waals surface area contributed by atoms with Crippen LogP contribution in [0.15, 0.2) is 85.2 Å². The molecule has 0 aliphatic heterocycles. The molecule has 3 heteroatoms. The second-order valence-electron chi connectivity index (χ2n) is 6.95. The molecule has 2 aromatic carbocycles. The lowest BCUT2D eigenvalue weighted by Gasteiger charge is -2.21. The van der Waals surface area contributed by atoms with Crippen molar-refractivity contribution < 1.29 is 4.74 Å². The summed E-state index contributed by atoms with van der Waals surface area (Å²) >= 11 is 0. The van der Waals surface area contributed by atoms with Gasteiger partial charge in [-0.15, -0.1) is 0 Å². The molecule has 0 N–H and O–H groups in total. The molecule has 128 valence electrons. The second kappa shape index (κ2) is 5.60. The summed E-state index contributed by atoms with van der Waals surface area (Å²) < 4.78 is 6.80. The third kappa shape index (κ3) is 2.06. The van der Waals surface area contributed by atoms with E-state index >= 15 is 0 Å². The summed E-state index contributed by atoms with van der Waals surface area (Å²) in [5.41, 5.74) is 9.00. The van der Waals surface area contributed by atoms with Gasteiger partial charge in [0, 0.05) is 34.6 Å². The number of aromatic nitrogens is 2. The number of rotatable bonds is 2. The van der Waals surface area contributed by atoms with E-state index in [0.29, 0.717) is 0 Å². The van der Waals surface area contributed by atoms with Crippen LogP contribution in [0.4, 0.5) is 0 Å². The Hall–Kier alpha value is -3.30. The zero-order valence-corrected chi connectivity index (χ0v) is 14.5. The van der Waals surface area contributed by atoms with E-state index in [1.807, 2.05) is 24.5 Å². The minimum Gasteiger partial charge on any atom is -0.356 e. The fourth-order valence-corrected chi connectivity index (χ4v) is 4.36. The first kappa shape index (κ1) is 14.8. The highest BCUT2D eigenvalue weighted by molar-refractivity contribution is 5.76. The third-order valence-electron chi connectivity index (χ3n) is 5.51. The number of hydrogen-bond acceptors (Lipinski definition) is 3. The highest BCUT2D eigenvalue weighted by atomic mass is 16.5. The normalized spacial score (nSPS) is 18.5. The SMILES string of the molecule is c1ccc2c(c1)-c1ncccc1C2OC1c2ccccc2-c2ncccc21. The van der Waals surface area contributed by atoms with Gasteiger partial charge in [0.15, 0.2) is 0 Å². The maximum Gasteiger partial charge on any atom is 0.112 e. The predicted molar refractivity (Wildman–Crippen MR) is 104 cm³/mol. The van der Waals surface area contributed by atoms with Crippen LogP contribution in [0.5, 0.6) is 0 Å². The zero-order valence-electron chi connectivity index (χ0n) is 14.5. The van der Waals surface area contributed by atoms with Crippen molar-refractivity contribution in [2.75, 3.05) is 0 Å². The highest BCUT2D eigenvalue weighted by Crippen LogP contribution is 2.50. The fraction of sp³-hybridized carbons (Fsp3) is 0.0833. The Morgan fingerprint density at radius 3 is 1.48 bits per heavy atom. The van der Waals surface area contributed by atoms with Crippen molar-refractivity contribution >= 4 is 0 Å². The number of benzene rings is 2. The third-order valence-corrected chi connectivity index (χ3v) is 5.51. The maximum atomic E-state index is 6.80. The molecule has 4 aromatic rings. The molecule has 2 unspecified atom stereocenters. The Morgan fingerprint density at radius 2 is 0.963 bits per heavy atom. The van der Waals surface area contributed by atoms with Crippen LogP contribution in [0.25, 0.3) is 22.5 Å². The van der Waals surface area contributed by atoms with Gasteiger partial charge in [0.05, 0.1) is 11.4 Å². The van der Waals surface area contributed by atoms with E-state index in [0.717, 1.165) is 33.6 Å². The van der Waals surface area contributed by atoms with Gasteiger partial charge in [-0.3, -0.25) is 9.97 Å². The number of fused-ring (bicyclic) bond motifs is 6. The van der Waals surface area contributed by atoms with Crippen molar-refractivity contribution in [3.05, 3.63) is 107 Å². The van der Waals surface area contributed by atoms with Gasteiger partial charge in [0.2, 0.25) is 0 Å². The van der Waals surface area contributed by atoms with Crippen LogP contribution in [0, 0.1) is 0 Å². The number of pyridine rings is 2. The minimum absolute atomic E-state index is 0.130. The van der Waals surface area contributed by atoms with Crippen LogP contribution in [-0.2, 0) is 4.74 Å². The van der Waals surface area contributed by atoms with Gasteiger partial charge in [-0.05, 0) is 23.3 Å². The van der Waals surface area contributed by atoms with Gasteiger partial charge in [0.25, 0.3) is 0 Å². The molecule has 0 radical (unpaired) electrons. The first-order chi connectivity index (χ1) is 13.4. The molecule has 2 heterocycles. The molecule has 2 aliphatic carbocycles. The molecule has 2 atom stereocenters.